The molecule has 2 unspecified atom stereocenters. The molecule has 0 saturated heterocycles. The highest BCUT2D eigenvalue weighted by Gasteiger charge is 2.43. The highest BCUT2D eigenvalue weighted by atomic mass is 19.2. The van der Waals surface area contributed by atoms with Crippen molar-refractivity contribution in [2.24, 2.45) is 5.73 Å². The number of imidazole rings is 1. The lowest BCUT2D eigenvalue weighted by Gasteiger charge is -2.43. The lowest BCUT2D eigenvalue weighted by molar-refractivity contribution is -0.142. The molecule has 0 spiro atoms. The van der Waals surface area contributed by atoms with Gasteiger partial charge in [-0.05, 0) is 45.0 Å². The van der Waals surface area contributed by atoms with Crippen LogP contribution in [0.15, 0.2) is 30.5 Å². The molecule has 0 bridgehead atoms. The fraction of sp³-hybridized carbons (Fsp3) is 0.348. The summed E-state index contributed by atoms with van der Waals surface area (Å²) in [5.74, 6) is -4.61. The molecule has 0 saturated carbocycles. The number of aromatic nitrogens is 3. The van der Waals surface area contributed by atoms with Crippen molar-refractivity contribution in [3.63, 3.8) is 0 Å². The predicted octanol–water partition coefficient (Wildman–Crippen LogP) is 3.03. The van der Waals surface area contributed by atoms with Crippen LogP contribution >= 0.6 is 0 Å². The average Bonchev–Trinajstić information content (AvgIpc) is 3.17. The molecule has 1 aliphatic heterocycles. The summed E-state index contributed by atoms with van der Waals surface area (Å²) in [6.45, 7) is 5.24. The Morgan fingerprint density at radius 2 is 1.83 bits per heavy atom. The van der Waals surface area contributed by atoms with E-state index < -0.39 is 46.9 Å². The van der Waals surface area contributed by atoms with E-state index in [1.807, 2.05) is 0 Å². The van der Waals surface area contributed by atoms with Crippen LogP contribution in [-0.2, 0) is 16.9 Å². The number of fused-ring (bicyclic) bond motifs is 1. The number of amides is 1. The molecule has 4 rings (SSSR count). The number of benzene rings is 1. The van der Waals surface area contributed by atoms with Gasteiger partial charge in [0.25, 0.3) is 0 Å². The lowest BCUT2D eigenvalue weighted by atomic mass is 9.97. The number of hydrogen-bond acceptors (Lipinski definition) is 6. The molecular weight excluding hydrogens is 468 g/mol. The number of pyridine rings is 1. The zero-order valence-electron chi connectivity index (χ0n) is 19.2. The maximum atomic E-state index is 14.1. The molecular formula is C23H24F4N6O2. The van der Waals surface area contributed by atoms with Crippen molar-refractivity contribution in [1.82, 2.24) is 19.4 Å². The number of nitrogens with one attached hydrogen (secondary N) is 1. The Morgan fingerprint density at radius 1 is 1.17 bits per heavy atom. The summed E-state index contributed by atoms with van der Waals surface area (Å²) in [6.07, 6.45) is -0.0865. The summed E-state index contributed by atoms with van der Waals surface area (Å²) in [5.41, 5.74) is 4.85. The van der Waals surface area contributed by atoms with Crippen molar-refractivity contribution >= 4 is 17.5 Å². The number of halogens is 4. The minimum Gasteiger partial charge on any atom is -0.391 e. The average molecular weight is 492 g/mol. The smallest absolute Gasteiger partial charge is 0.243 e. The normalized spacial score (nSPS) is 16.5. The summed E-state index contributed by atoms with van der Waals surface area (Å²) in [5, 5.41) is 12.8. The third-order valence-electron chi connectivity index (χ3n) is 6.04. The van der Waals surface area contributed by atoms with Gasteiger partial charge in [0.15, 0.2) is 17.5 Å². The maximum Gasteiger partial charge on any atom is 0.243 e. The molecule has 12 heteroatoms. The van der Waals surface area contributed by atoms with Crippen molar-refractivity contribution in [2.75, 3.05) is 11.9 Å². The maximum absolute atomic E-state index is 14.1. The Bertz CT molecular complexity index is 1250. The molecule has 35 heavy (non-hydrogen) atoms. The van der Waals surface area contributed by atoms with E-state index in [0.717, 1.165) is 18.3 Å². The summed E-state index contributed by atoms with van der Waals surface area (Å²) in [7, 11) is 0. The van der Waals surface area contributed by atoms with E-state index >= 15 is 0 Å². The fourth-order valence-electron chi connectivity index (χ4n) is 4.10. The Hall–Kier alpha value is -3.51. The number of aliphatic hydroxyl groups excluding tert-OH is 1. The molecule has 2 aromatic heterocycles. The van der Waals surface area contributed by atoms with Crippen LogP contribution in [0.5, 0.6) is 0 Å². The van der Waals surface area contributed by atoms with Gasteiger partial charge in [0, 0.05) is 18.7 Å². The van der Waals surface area contributed by atoms with E-state index in [0.29, 0.717) is 5.82 Å². The van der Waals surface area contributed by atoms with Gasteiger partial charge in [-0.1, -0.05) is 0 Å². The van der Waals surface area contributed by atoms with Crippen LogP contribution in [0, 0.1) is 23.3 Å². The minimum atomic E-state index is -1.61. The molecule has 0 fully saturated rings. The number of carbonyl (C=O) groups is 1. The number of nitrogens with two attached hydrogens (primary N) is 1. The van der Waals surface area contributed by atoms with Crippen molar-refractivity contribution in [2.45, 2.75) is 45.0 Å². The van der Waals surface area contributed by atoms with Crippen LogP contribution in [0.1, 0.15) is 26.6 Å². The molecule has 3 aromatic rings. The second-order valence-corrected chi connectivity index (χ2v) is 8.84. The van der Waals surface area contributed by atoms with Crippen LogP contribution in [-0.4, -0.2) is 49.1 Å². The first-order valence-electron chi connectivity index (χ1n) is 10.8. The van der Waals surface area contributed by atoms with Gasteiger partial charge in [-0.2, -0.15) is 0 Å². The van der Waals surface area contributed by atoms with E-state index in [1.54, 1.807) is 18.4 Å². The van der Waals surface area contributed by atoms with Gasteiger partial charge in [0.05, 0.1) is 17.8 Å². The molecule has 186 valence electrons. The number of hydrogen-bond donors (Lipinski definition) is 3. The van der Waals surface area contributed by atoms with Gasteiger partial charge < -0.3 is 25.6 Å². The van der Waals surface area contributed by atoms with E-state index in [2.05, 4.69) is 15.3 Å². The molecule has 3 heterocycles. The highest BCUT2D eigenvalue weighted by molar-refractivity contribution is 5.83. The van der Waals surface area contributed by atoms with Gasteiger partial charge in [-0.15, -0.1) is 0 Å². The van der Waals surface area contributed by atoms with E-state index in [1.165, 1.54) is 24.0 Å². The van der Waals surface area contributed by atoms with E-state index in [4.69, 9.17) is 5.73 Å². The summed E-state index contributed by atoms with van der Waals surface area (Å²) >= 11 is 0. The van der Waals surface area contributed by atoms with Gasteiger partial charge in [-0.3, -0.25) is 4.79 Å². The van der Waals surface area contributed by atoms with E-state index in [9.17, 15) is 27.5 Å². The molecule has 1 aliphatic rings. The summed E-state index contributed by atoms with van der Waals surface area (Å²) in [4.78, 5) is 23.0. The number of nitrogens with zero attached hydrogens (tertiary/aromatic N) is 4. The first kappa shape index (κ1) is 24.6. The summed E-state index contributed by atoms with van der Waals surface area (Å²) in [6, 6.07) is 3.03. The quantitative estimate of drug-likeness (QED) is 0.373. The standard InChI is InChI=1S/C23H24F4N6O2/c1-11(34)18(28)21(35)33-7-6-32-20(30-16-5-4-13(24)10-29-16)19(31-22(32)23(33,2)3)12-8-14(25)17(27)15(26)9-12/h4-5,8-11,18,34H,6-7,28H2,1-3H3,(H,29,30). The van der Waals surface area contributed by atoms with Crippen LogP contribution in [0.2, 0.25) is 0 Å². The molecule has 0 radical (unpaired) electrons. The van der Waals surface area contributed by atoms with Crippen molar-refractivity contribution in [1.29, 1.82) is 0 Å². The van der Waals surface area contributed by atoms with Crippen LogP contribution in [0.25, 0.3) is 11.3 Å². The number of aliphatic hydroxyl groups is 1. The summed E-state index contributed by atoms with van der Waals surface area (Å²) < 4.78 is 56.9. The van der Waals surface area contributed by atoms with Gasteiger partial charge in [-0.25, -0.2) is 27.5 Å². The molecule has 1 amide bonds. The second kappa shape index (κ2) is 8.93. The number of rotatable bonds is 5. The number of carbonyl (C=O) groups excluding carboxylic acids is 1. The Labute approximate surface area is 198 Å². The van der Waals surface area contributed by atoms with Gasteiger partial charge >= 0.3 is 0 Å². The van der Waals surface area contributed by atoms with Crippen LogP contribution < -0.4 is 11.1 Å². The van der Waals surface area contributed by atoms with Crippen LogP contribution in [0.3, 0.4) is 0 Å². The number of anilines is 2. The zero-order chi connectivity index (χ0) is 25.7. The Kier molecular flexibility index (Phi) is 6.28. The second-order valence-electron chi connectivity index (χ2n) is 8.84. The Morgan fingerprint density at radius 3 is 2.40 bits per heavy atom. The molecule has 0 aliphatic carbocycles. The molecule has 4 N–H and O–H groups in total. The van der Waals surface area contributed by atoms with Gasteiger partial charge in [0.1, 0.15) is 35.0 Å². The predicted molar refractivity (Wildman–Crippen MR) is 119 cm³/mol. The zero-order valence-corrected chi connectivity index (χ0v) is 19.2. The lowest BCUT2D eigenvalue weighted by Crippen LogP contribution is -2.58. The molecule has 8 nitrogen and oxygen atoms in total. The first-order valence-corrected chi connectivity index (χ1v) is 10.8. The third-order valence-corrected chi connectivity index (χ3v) is 6.04. The Balaban J connectivity index is 1.87. The minimum absolute atomic E-state index is 0.0535. The third kappa shape index (κ3) is 4.34. The SMILES string of the molecule is CC(O)C(N)C(=O)N1CCn2c(nc(-c3cc(F)c(F)c(F)c3)c2Nc2ccc(F)cn2)C1(C)C. The van der Waals surface area contributed by atoms with E-state index in [-0.39, 0.29) is 36.0 Å². The highest BCUT2D eigenvalue weighted by Crippen LogP contribution is 2.40. The monoisotopic (exact) mass is 492 g/mol. The largest absolute Gasteiger partial charge is 0.391 e. The van der Waals surface area contributed by atoms with Crippen molar-refractivity contribution in [3.05, 3.63) is 59.6 Å². The first-order chi connectivity index (χ1) is 16.4. The topological polar surface area (TPSA) is 109 Å². The van der Waals surface area contributed by atoms with Gasteiger partial charge in [0.2, 0.25) is 5.91 Å². The molecule has 2 atom stereocenters. The fourth-order valence-corrected chi connectivity index (χ4v) is 4.10. The van der Waals surface area contributed by atoms with Crippen molar-refractivity contribution in [3.8, 4) is 11.3 Å². The van der Waals surface area contributed by atoms with Crippen LogP contribution in [0.4, 0.5) is 29.2 Å². The van der Waals surface area contributed by atoms with Crippen molar-refractivity contribution < 1.29 is 27.5 Å². The molecule has 1 aromatic carbocycles.